The van der Waals surface area contributed by atoms with Crippen LogP contribution in [-0.2, 0) is 17.8 Å². The Morgan fingerprint density at radius 2 is 1.90 bits per heavy atom. The molecule has 2 aromatic carbocycles. The van der Waals surface area contributed by atoms with Crippen LogP contribution in [0.5, 0.6) is 11.5 Å². The molecule has 2 aliphatic rings. The van der Waals surface area contributed by atoms with Crippen LogP contribution in [-0.4, -0.2) is 68.0 Å². The number of ether oxygens (including phenoxy) is 2. The smallest absolute Gasteiger partial charge is 0.321 e. The SMILES string of the molecule is C=C(Nc1cc(Oc2cc3c(cc2COC)N(C(=O)NC)CC3)ccn1)c1ccc(C2CCN(CCO)CC2)cc1. The molecular formula is C32H39N5O4. The highest BCUT2D eigenvalue weighted by Gasteiger charge is 2.26. The van der Waals surface area contributed by atoms with Crippen molar-refractivity contribution < 1.29 is 19.4 Å². The van der Waals surface area contributed by atoms with Gasteiger partial charge >= 0.3 is 6.03 Å². The van der Waals surface area contributed by atoms with Gasteiger partial charge in [0.05, 0.1) is 13.2 Å². The fourth-order valence-electron chi connectivity index (χ4n) is 5.65. The number of β-amino-alcohol motifs (C(OH)–C–C–N with tert-alkyl or cyclic N) is 1. The van der Waals surface area contributed by atoms with Crippen LogP contribution in [0.25, 0.3) is 5.70 Å². The third-order valence-electron chi connectivity index (χ3n) is 7.89. The minimum absolute atomic E-state index is 0.125. The third kappa shape index (κ3) is 6.70. The van der Waals surface area contributed by atoms with Crippen molar-refractivity contribution in [2.75, 3.05) is 57.2 Å². The number of anilines is 2. The van der Waals surface area contributed by atoms with Gasteiger partial charge < -0.3 is 30.1 Å². The second kappa shape index (κ2) is 13.2. The topological polar surface area (TPSA) is 99.2 Å². The van der Waals surface area contributed by atoms with E-state index in [1.54, 1.807) is 25.3 Å². The van der Waals surface area contributed by atoms with Gasteiger partial charge in [0.2, 0.25) is 0 Å². The summed E-state index contributed by atoms with van der Waals surface area (Å²) >= 11 is 0. The van der Waals surface area contributed by atoms with Gasteiger partial charge in [0.1, 0.15) is 17.3 Å². The maximum absolute atomic E-state index is 12.3. The molecule has 0 atom stereocenters. The van der Waals surface area contributed by atoms with Gasteiger partial charge in [-0.25, -0.2) is 9.78 Å². The summed E-state index contributed by atoms with van der Waals surface area (Å²) in [6.07, 6.45) is 4.68. The number of carbonyl (C=O) groups is 1. The number of methoxy groups -OCH3 is 1. The number of carbonyl (C=O) groups excluding carboxylic acids is 1. The van der Waals surface area contributed by atoms with E-state index in [9.17, 15) is 9.90 Å². The maximum atomic E-state index is 12.3. The molecule has 9 heteroatoms. The highest BCUT2D eigenvalue weighted by atomic mass is 16.5. The second-order valence-electron chi connectivity index (χ2n) is 10.5. The number of urea groups is 1. The van der Waals surface area contributed by atoms with Crippen LogP contribution in [0.2, 0.25) is 0 Å². The number of rotatable bonds is 10. The summed E-state index contributed by atoms with van der Waals surface area (Å²) in [5.74, 6) is 2.51. The average Bonchev–Trinajstić information content (AvgIpc) is 3.40. The number of pyridine rings is 1. The Kier molecular flexibility index (Phi) is 9.18. The van der Waals surface area contributed by atoms with Crippen molar-refractivity contribution in [1.29, 1.82) is 0 Å². The average molecular weight is 558 g/mol. The molecular weight excluding hydrogens is 518 g/mol. The highest BCUT2D eigenvalue weighted by Crippen LogP contribution is 2.37. The largest absolute Gasteiger partial charge is 0.457 e. The monoisotopic (exact) mass is 557 g/mol. The van der Waals surface area contributed by atoms with Crippen LogP contribution in [0.15, 0.2) is 61.3 Å². The van der Waals surface area contributed by atoms with E-state index >= 15 is 0 Å². The number of likely N-dealkylation sites (tertiary alicyclic amines) is 1. The molecule has 1 aromatic heterocycles. The Morgan fingerprint density at radius 3 is 2.61 bits per heavy atom. The van der Waals surface area contributed by atoms with Crippen molar-refractivity contribution in [1.82, 2.24) is 15.2 Å². The zero-order valence-electron chi connectivity index (χ0n) is 23.9. The lowest BCUT2D eigenvalue weighted by Gasteiger charge is -2.31. The molecule has 0 bridgehead atoms. The van der Waals surface area contributed by atoms with Gasteiger partial charge in [0, 0.05) is 56.5 Å². The van der Waals surface area contributed by atoms with Crippen molar-refractivity contribution in [3.05, 3.63) is 83.6 Å². The Hall–Kier alpha value is -3.92. The van der Waals surface area contributed by atoms with E-state index in [2.05, 4.69) is 51.4 Å². The van der Waals surface area contributed by atoms with Gasteiger partial charge in [-0.15, -0.1) is 0 Å². The standard InChI is InChI=1S/C32H39N5O4/c1-22(23-4-6-24(7-5-23)25-9-13-36(14-10-25)16-17-38)35-31-20-28(8-12-34-31)41-30-19-26-11-15-37(32(39)33-2)29(26)18-27(30)21-40-3/h4-8,12,18-20,25,38H,1,9-11,13-17,21H2,2-3H3,(H,33,39)(H,34,35). The molecule has 1 fully saturated rings. The summed E-state index contributed by atoms with van der Waals surface area (Å²) in [6, 6.07) is 16.1. The maximum Gasteiger partial charge on any atom is 0.321 e. The first-order valence-electron chi connectivity index (χ1n) is 14.2. The summed E-state index contributed by atoms with van der Waals surface area (Å²) in [7, 11) is 3.28. The molecule has 0 spiro atoms. The highest BCUT2D eigenvalue weighted by molar-refractivity contribution is 5.94. The molecule has 3 heterocycles. The number of hydrogen-bond donors (Lipinski definition) is 3. The van der Waals surface area contributed by atoms with Crippen molar-refractivity contribution in [2.45, 2.75) is 31.8 Å². The van der Waals surface area contributed by atoms with Gasteiger partial charge in [-0.2, -0.15) is 0 Å². The summed E-state index contributed by atoms with van der Waals surface area (Å²) < 4.78 is 11.7. The molecule has 0 unspecified atom stereocenters. The number of nitrogens with zero attached hydrogens (tertiary/aromatic N) is 3. The number of hydrogen-bond acceptors (Lipinski definition) is 7. The molecule has 3 aromatic rings. The van der Waals surface area contributed by atoms with E-state index in [0.29, 0.717) is 36.4 Å². The Balaban J connectivity index is 1.25. The quantitative estimate of drug-likeness (QED) is 0.324. The normalized spacial score (nSPS) is 15.4. The lowest BCUT2D eigenvalue weighted by molar-refractivity contribution is 0.164. The first-order chi connectivity index (χ1) is 20.0. The number of aromatic nitrogens is 1. The minimum Gasteiger partial charge on any atom is -0.457 e. The predicted octanol–water partition coefficient (Wildman–Crippen LogP) is 4.98. The van der Waals surface area contributed by atoms with Gasteiger partial charge in [0.25, 0.3) is 0 Å². The number of benzene rings is 2. The van der Waals surface area contributed by atoms with E-state index in [0.717, 1.165) is 67.0 Å². The second-order valence-corrected chi connectivity index (χ2v) is 10.5. The summed E-state index contributed by atoms with van der Waals surface area (Å²) in [6.45, 7) is 8.25. The lowest BCUT2D eigenvalue weighted by atomic mass is 9.89. The first kappa shape index (κ1) is 28.6. The Labute approximate surface area is 241 Å². The number of aliphatic hydroxyl groups excluding tert-OH is 1. The molecule has 0 radical (unpaired) electrons. The number of amides is 2. The zero-order chi connectivity index (χ0) is 28.8. The van der Waals surface area contributed by atoms with Crippen LogP contribution < -0.4 is 20.3 Å². The van der Waals surface area contributed by atoms with E-state index in [4.69, 9.17) is 9.47 Å². The molecule has 5 rings (SSSR count). The van der Waals surface area contributed by atoms with Crippen LogP contribution in [0.4, 0.5) is 16.3 Å². The minimum atomic E-state index is -0.125. The zero-order valence-corrected chi connectivity index (χ0v) is 23.9. The van der Waals surface area contributed by atoms with Crippen molar-refractivity contribution >= 4 is 23.2 Å². The molecule has 2 amide bonds. The number of fused-ring (bicyclic) bond motifs is 1. The molecule has 41 heavy (non-hydrogen) atoms. The molecule has 216 valence electrons. The Morgan fingerprint density at radius 1 is 1.12 bits per heavy atom. The molecule has 3 N–H and O–H groups in total. The van der Waals surface area contributed by atoms with Crippen LogP contribution >= 0.6 is 0 Å². The number of nitrogens with one attached hydrogen (secondary N) is 2. The lowest BCUT2D eigenvalue weighted by Crippen LogP contribution is -2.36. The summed E-state index contributed by atoms with van der Waals surface area (Å²) in [5, 5.41) is 15.2. The number of piperidine rings is 1. The van der Waals surface area contributed by atoms with Gasteiger partial charge in [0.15, 0.2) is 0 Å². The third-order valence-corrected chi connectivity index (χ3v) is 7.89. The fourth-order valence-corrected chi connectivity index (χ4v) is 5.65. The molecule has 0 saturated carbocycles. The van der Waals surface area contributed by atoms with E-state index in [1.807, 2.05) is 24.3 Å². The van der Waals surface area contributed by atoms with E-state index in [1.165, 1.54) is 5.56 Å². The molecule has 0 aliphatic carbocycles. The Bertz CT molecular complexity index is 1370. The summed E-state index contributed by atoms with van der Waals surface area (Å²) in [4.78, 5) is 20.8. The molecule has 2 aliphatic heterocycles. The predicted molar refractivity (Wildman–Crippen MR) is 162 cm³/mol. The summed E-state index contributed by atoms with van der Waals surface area (Å²) in [5.41, 5.74) is 5.90. The first-order valence-corrected chi connectivity index (χ1v) is 14.2. The van der Waals surface area contributed by atoms with Gasteiger partial charge in [-0.3, -0.25) is 4.90 Å². The van der Waals surface area contributed by atoms with E-state index in [-0.39, 0.29) is 12.6 Å². The fraction of sp³-hybridized carbons (Fsp3) is 0.375. The van der Waals surface area contributed by atoms with E-state index < -0.39 is 0 Å². The van der Waals surface area contributed by atoms with Gasteiger partial charge in [-0.1, -0.05) is 30.8 Å². The van der Waals surface area contributed by atoms with Crippen molar-refractivity contribution in [3.8, 4) is 11.5 Å². The van der Waals surface area contributed by atoms with Crippen LogP contribution in [0, 0.1) is 0 Å². The van der Waals surface area contributed by atoms with Crippen LogP contribution in [0.1, 0.15) is 41.0 Å². The van der Waals surface area contributed by atoms with Crippen molar-refractivity contribution in [2.24, 2.45) is 0 Å². The van der Waals surface area contributed by atoms with Gasteiger partial charge in [-0.05, 0) is 73.2 Å². The molecule has 1 saturated heterocycles. The van der Waals surface area contributed by atoms with Crippen molar-refractivity contribution in [3.63, 3.8) is 0 Å². The van der Waals surface area contributed by atoms with Crippen LogP contribution in [0.3, 0.4) is 0 Å². The molecule has 9 nitrogen and oxygen atoms in total. The number of aliphatic hydroxyl groups is 1.